The van der Waals surface area contributed by atoms with Crippen LogP contribution in [0, 0.1) is 17.6 Å². The van der Waals surface area contributed by atoms with Gasteiger partial charge in [-0.25, -0.2) is 17.2 Å². The van der Waals surface area contributed by atoms with Crippen LogP contribution in [0.3, 0.4) is 0 Å². The minimum Gasteiger partial charge on any atom is -0.294 e. The Labute approximate surface area is 97.4 Å². The van der Waals surface area contributed by atoms with Gasteiger partial charge in [-0.2, -0.15) is 0 Å². The lowest BCUT2D eigenvalue weighted by Crippen LogP contribution is -2.38. The summed E-state index contributed by atoms with van der Waals surface area (Å²) in [4.78, 5) is 11.0. The predicted molar refractivity (Wildman–Crippen MR) is 56.5 cm³/mol. The molecule has 0 saturated heterocycles. The summed E-state index contributed by atoms with van der Waals surface area (Å²) >= 11 is 0. The Morgan fingerprint density at radius 3 is 2.24 bits per heavy atom. The lowest BCUT2D eigenvalue weighted by molar-refractivity contribution is 0.0914. The Hall–Kier alpha value is -1.30. The van der Waals surface area contributed by atoms with E-state index in [-0.39, 0.29) is 0 Å². The summed E-state index contributed by atoms with van der Waals surface area (Å²) in [5.74, 6) is -3.61. The quantitative estimate of drug-likeness (QED) is 0.716. The fraction of sp³-hybridized carbons (Fsp3) is 0.364. The summed E-state index contributed by atoms with van der Waals surface area (Å²) in [6.07, 6.45) is 0. The van der Waals surface area contributed by atoms with Crippen molar-refractivity contribution in [2.45, 2.75) is 24.0 Å². The van der Waals surface area contributed by atoms with Crippen molar-refractivity contribution in [3.05, 3.63) is 29.3 Å². The Kier molecular flexibility index (Phi) is 2.57. The molecule has 1 aromatic rings. The first kappa shape index (κ1) is 12.2. The number of halogens is 2. The highest BCUT2D eigenvalue weighted by Crippen LogP contribution is 2.36. The zero-order valence-electron chi connectivity index (χ0n) is 9.20. The van der Waals surface area contributed by atoms with Gasteiger partial charge in [0.2, 0.25) is 0 Å². The van der Waals surface area contributed by atoms with Crippen LogP contribution in [0.2, 0.25) is 0 Å². The minimum absolute atomic E-state index is 0.643. The first-order valence-corrected chi connectivity index (χ1v) is 6.59. The molecule has 3 nitrogen and oxygen atoms in total. The van der Waals surface area contributed by atoms with Crippen LogP contribution in [0.4, 0.5) is 8.78 Å². The van der Waals surface area contributed by atoms with Crippen molar-refractivity contribution < 1.29 is 22.0 Å². The van der Waals surface area contributed by atoms with E-state index in [0.717, 1.165) is 12.1 Å². The van der Waals surface area contributed by atoms with E-state index in [0.29, 0.717) is 0 Å². The molecule has 0 bridgehead atoms. The zero-order chi connectivity index (χ0) is 13.0. The molecule has 2 unspecified atom stereocenters. The van der Waals surface area contributed by atoms with E-state index in [2.05, 4.69) is 0 Å². The molecule has 1 heterocycles. The maximum absolute atomic E-state index is 13.5. The molecule has 92 valence electrons. The molecule has 0 aliphatic carbocycles. The molecule has 6 heteroatoms. The minimum atomic E-state index is -3.99. The van der Waals surface area contributed by atoms with Crippen LogP contribution in [-0.2, 0) is 9.84 Å². The highest BCUT2D eigenvalue weighted by molar-refractivity contribution is 7.92. The van der Waals surface area contributed by atoms with Gasteiger partial charge in [0, 0.05) is 5.92 Å². The van der Waals surface area contributed by atoms with Crippen molar-refractivity contribution in [1.29, 1.82) is 0 Å². The van der Waals surface area contributed by atoms with Crippen molar-refractivity contribution in [2.75, 3.05) is 0 Å². The number of rotatable bonds is 0. The van der Waals surface area contributed by atoms with E-state index in [1.165, 1.54) is 13.8 Å². The average Bonchev–Trinajstić information content (AvgIpc) is 2.27. The van der Waals surface area contributed by atoms with Gasteiger partial charge < -0.3 is 0 Å². The van der Waals surface area contributed by atoms with E-state index in [4.69, 9.17) is 0 Å². The van der Waals surface area contributed by atoms with Crippen LogP contribution in [0.15, 0.2) is 17.0 Å². The standard InChI is InChI=1S/C11H10F2O3S/c1-5-6(2)17(15,16)11-8(13)4-3-7(12)9(11)10(5)14/h3-6H,1-2H3. The molecular formula is C11H10F2O3S. The van der Waals surface area contributed by atoms with Gasteiger partial charge in [0.25, 0.3) is 0 Å². The third kappa shape index (κ3) is 1.50. The van der Waals surface area contributed by atoms with Gasteiger partial charge in [0.15, 0.2) is 15.6 Å². The Morgan fingerprint density at radius 1 is 1.12 bits per heavy atom. The van der Waals surface area contributed by atoms with Crippen LogP contribution in [-0.4, -0.2) is 19.5 Å². The van der Waals surface area contributed by atoms with Gasteiger partial charge in [-0.1, -0.05) is 6.92 Å². The molecule has 0 spiro atoms. The summed E-state index contributed by atoms with van der Waals surface area (Å²) in [5.41, 5.74) is -0.643. The van der Waals surface area contributed by atoms with Crippen LogP contribution < -0.4 is 0 Å². The normalized spacial score (nSPS) is 26.7. The zero-order valence-corrected chi connectivity index (χ0v) is 10.0. The van der Waals surface area contributed by atoms with Crippen molar-refractivity contribution in [3.63, 3.8) is 0 Å². The van der Waals surface area contributed by atoms with Crippen molar-refractivity contribution in [2.24, 2.45) is 5.92 Å². The number of ketones is 1. The first-order valence-electron chi connectivity index (χ1n) is 5.04. The first-order chi connectivity index (χ1) is 7.78. The molecule has 0 aromatic heterocycles. The van der Waals surface area contributed by atoms with Crippen molar-refractivity contribution in [1.82, 2.24) is 0 Å². The maximum Gasteiger partial charge on any atom is 0.185 e. The molecule has 0 fully saturated rings. The molecule has 1 aliphatic heterocycles. The highest BCUT2D eigenvalue weighted by Gasteiger charge is 2.44. The smallest absolute Gasteiger partial charge is 0.185 e. The molecule has 1 aliphatic rings. The molecule has 2 rings (SSSR count). The van der Waals surface area contributed by atoms with Crippen molar-refractivity contribution in [3.8, 4) is 0 Å². The number of hydrogen-bond donors (Lipinski definition) is 0. The lowest BCUT2D eigenvalue weighted by Gasteiger charge is -2.27. The lowest BCUT2D eigenvalue weighted by atomic mass is 9.95. The van der Waals surface area contributed by atoms with E-state index in [1.54, 1.807) is 0 Å². The predicted octanol–water partition coefficient (Wildman–Crippen LogP) is 1.96. The van der Waals surface area contributed by atoms with Gasteiger partial charge in [0.1, 0.15) is 16.5 Å². The number of Topliss-reactive ketones (excluding diaryl/α,β-unsaturated/α-hetero) is 1. The molecule has 0 saturated carbocycles. The number of hydrogen-bond acceptors (Lipinski definition) is 3. The Morgan fingerprint density at radius 2 is 1.65 bits per heavy atom. The number of carbonyl (C=O) groups is 1. The van der Waals surface area contributed by atoms with E-state index < -0.39 is 48.9 Å². The second kappa shape index (κ2) is 3.60. The Balaban J connectivity index is 2.92. The number of fused-ring (bicyclic) bond motifs is 1. The average molecular weight is 260 g/mol. The van der Waals surface area contributed by atoms with E-state index in [9.17, 15) is 22.0 Å². The number of benzene rings is 1. The van der Waals surface area contributed by atoms with Crippen LogP contribution in [0.25, 0.3) is 0 Å². The monoisotopic (exact) mass is 260 g/mol. The molecule has 0 N–H and O–H groups in total. The summed E-state index contributed by atoms with van der Waals surface area (Å²) in [6.45, 7) is 2.73. The fourth-order valence-corrected chi connectivity index (χ4v) is 3.79. The van der Waals surface area contributed by atoms with Crippen LogP contribution >= 0.6 is 0 Å². The SMILES string of the molecule is CC1C(=O)c2c(F)ccc(F)c2S(=O)(=O)C1C. The van der Waals surface area contributed by atoms with Gasteiger partial charge in [-0.05, 0) is 19.1 Å². The Bertz CT molecular complexity index is 607. The van der Waals surface area contributed by atoms with Gasteiger partial charge in [-0.3, -0.25) is 4.79 Å². The molecule has 0 amide bonds. The van der Waals surface area contributed by atoms with Crippen LogP contribution in [0.5, 0.6) is 0 Å². The largest absolute Gasteiger partial charge is 0.294 e. The molecule has 1 aromatic carbocycles. The highest BCUT2D eigenvalue weighted by atomic mass is 32.2. The van der Waals surface area contributed by atoms with E-state index >= 15 is 0 Å². The third-order valence-corrected chi connectivity index (χ3v) is 5.55. The topological polar surface area (TPSA) is 51.2 Å². The maximum atomic E-state index is 13.5. The second-order valence-corrected chi connectivity index (χ2v) is 6.38. The summed E-state index contributed by atoms with van der Waals surface area (Å²) < 4.78 is 51.0. The number of sulfone groups is 1. The van der Waals surface area contributed by atoms with Gasteiger partial charge in [-0.15, -0.1) is 0 Å². The molecule has 0 radical (unpaired) electrons. The van der Waals surface area contributed by atoms with Gasteiger partial charge in [0.05, 0.1) is 10.8 Å². The van der Waals surface area contributed by atoms with Crippen LogP contribution in [0.1, 0.15) is 24.2 Å². The molecular weight excluding hydrogens is 250 g/mol. The molecule has 17 heavy (non-hydrogen) atoms. The van der Waals surface area contributed by atoms with Crippen molar-refractivity contribution >= 4 is 15.6 Å². The van der Waals surface area contributed by atoms with E-state index in [1.807, 2.05) is 0 Å². The molecule has 2 atom stereocenters. The summed E-state index contributed by atoms with van der Waals surface area (Å²) in [6, 6.07) is 1.49. The number of carbonyl (C=O) groups excluding carboxylic acids is 1. The summed E-state index contributed by atoms with van der Waals surface area (Å²) in [5, 5.41) is -1.04. The second-order valence-electron chi connectivity index (χ2n) is 4.14. The fourth-order valence-electron chi connectivity index (χ4n) is 1.94. The summed E-state index contributed by atoms with van der Waals surface area (Å²) in [7, 11) is -3.99. The van der Waals surface area contributed by atoms with Gasteiger partial charge >= 0.3 is 0 Å². The third-order valence-electron chi connectivity index (χ3n) is 3.20.